The third-order valence-electron chi connectivity index (χ3n) is 2.88. The summed E-state index contributed by atoms with van der Waals surface area (Å²) >= 11 is 0. The van der Waals surface area contributed by atoms with Crippen molar-refractivity contribution in [1.29, 1.82) is 0 Å². The van der Waals surface area contributed by atoms with Gasteiger partial charge in [0.05, 0.1) is 6.61 Å². The summed E-state index contributed by atoms with van der Waals surface area (Å²) in [6.07, 6.45) is 1.25. The topological polar surface area (TPSA) is 55.4 Å². The van der Waals surface area contributed by atoms with Gasteiger partial charge in [-0.2, -0.15) is 0 Å². The molecule has 0 amide bonds. The van der Waals surface area contributed by atoms with Crippen LogP contribution < -0.4 is 5.32 Å². The van der Waals surface area contributed by atoms with Crippen LogP contribution in [-0.2, 0) is 14.3 Å². The van der Waals surface area contributed by atoms with E-state index in [1.807, 2.05) is 0 Å². The Morgan fingerprint density at radius 1 is 1.47 bits per heavy atom. The SMILES string of the molecule is CCOC(=O)C[C@H]1CCNC[C@@H]1C(C)=O. The highest BCUT2D eigenvalue weighted by molar-refractivity contribution is 5.80. The first-order valence-electron chi connectivity index (χ1n) is 5.52. The van der Waals surface area contributed by atoms with E-state index in [9.17, 15) is 9.59 Å². The van der Waals surface area contributed by atoms with Crippen molar-refractivity contribution in [2.24, 2.45) is 11.8 Å². The van der Waals surface area contributed by atoms with Gasteiger partial charge in [0.1, 0.15) is 5.78 Å². The number of hydrogen-bond donors (Lipinski definition) is 1. The third-order valence-corrected chi connectivity index (χ3v) is 2.88. The molecule has 1 N–H and O–H groups in total. The Kier molecular flexibility index (Phi) is 4.75. The van der Waals surface area contributed by atoms with E-state index in [0.29, 0.717) is 19.6 Å². The number of ketones is 1. The molecule has 1 aliphatic heterocycles. The fraction of sp³-hybridized carbons (Fsp3) is 0.818. The molecular weight excluding hydrogens is 194 g/mol. The van der Waals surface area contributed by atoms with Crippen LogP contribution in [0.1, 0.15) is 26.7 Å². The Morgan fingerprint density at radius 3 is 2.80 bits per heavy atom. The Bertz CT molecular complexity index is 240. The summed E-state index contributed by atoms with van der Waals surface area (Å²) < 4.78 is 4.90. The smallest absolute Gasteiger partial charge is 0.306 e. The van der Waals surface area contributed by atoms with Crippen LogP contribution in [0.2, 0.25) is 0 Å². The van der Waals surface area contributed by atoms with E-state index in [1.165, 1.54) is 0 Å². The van der Waals surface area contributed by atoms with Crippen LogP contribution in [-0.4, -0.2) is 31.4 Å². The normalized spacial score (nSPS) is 26.0. The second-order valence-corrected chi connectivity index (χ2v) is 3.98. The van der Waals surface area contributed by atoms with Gasteiger partial charge in [-0.1, -0.05) is 0 Å². The van der Waals surface area contributed by atoms with Crippen molar-refractivity contribution in [3.63, 3.8) is 0 Å². The molecule has 1 rings (SSSR count). The summed E-state index contributed by atoms with van der Waals surface area (Å²) in [5.74, 6) is 0.109. The molecule has 0 aromatic rings. The maximum absolute atomic E-state index is 11.4. The van der Waals surface area contributed by atoms with Crippen molar-refractivity contribution >= 4 is 11.8 Å². The molecule has 0 bridgehead atoms. The van der Waals surface area contributed by atoms with E-state index in [1.54, 1.807) is 13.8 Å². The van der Waals surface area contributed by atoms with Crippen LogP contribution in [0.5, 0.6) is 0 Å². The van der Waals surface area contributed by atoms with E-state index in [0.717, 1.165) is 13.0 Å². The zero-order valence-corrected chi connectivity index (χ0v) is 9.41. The zero-order valence-electron chi connectivity index (χ0n) is 9.41. The first kappa shape index (κ1) is 12.2. The lowest BCUT2D eigenvalue weighted by atomic mass is 9.82. The number of esters is 1. The van der Waals surface area contributed by atoms with Gasteiger partial charge in [-0.3, -0.25) is 9.59 Å². The number of carbonyl (C=O) groups is 2. The van der Waals surface area contributed by atoms with Gasteiger partial charge in [-0.15, -0.1) is 0 Å². The molecule has 0 aromatic heterocycles. The fourth-order valence-corrected chi connectivity index (χ4v) is 2.07. The van der Waals surface area contributed by atoms with Crippen molar-refractivity contribution in [3.05, 3.63) is 0 Å². The molecule has 1 aliphatic rings. The van der Waals surface area contributed by atoms with Gasteiger partial charge in [0.15, 0.2) is 0 Å². The lowest BCUT2D eigenvalue weighted by molar-refractivity contribution is -0.145. The number of carbonyl (C=O) groups excluding carboxylic acids is 2. The molecule has 0 aliphatic carbocycles. The van der Waals surface area contributed by atoms with Gasteiger partial charge in [0.2, 0.25) is 0 Å². The van der Waals surface area contributed by atoms with Crippen LogP contribution in [0, 0.1) is 11.8 Å². The molecule has 0 saturated carbocycles. The molecule has 2 atom stereocenters. The first-order valence-corrected chi connectivity index (χ1v) is 5.52. The monoisotopic (exact) mass is 213 g/mol. The van der Waals surface area contributed by atoms with Crippen LogP contribution in [0.4, 0.5) is 0 Å². The molecule has 0 unspecified atom stereocenters. The summed E-state index contributed by atoms with van der Waals surface area (Å²) in [7, 11) is 0. The van der Waals surface area contributed by atoms with E-state index >= 15 is 0 Å². The van der Waals surface area contributed by atoms with Crippen LogP contribution in [0.15, 0.2) is 0 Å². The van der Waals surface area contributed by atoms with Gasteiger partial charge in [0, 0.05) is 18.9 Å². The second-order valence-electron chi connectivity index (χ2n) is 3.98. The third kappa shape index (κ3) is 3.63. The summed E-state index contributed by atoms with van der Waals surface area (Å²) in [4.78, 5) is 22.7. The van der Waals surface area contributed by atoms with Crippen molar-refractivity contribution in [2.45, 2.75) is 26.7 Å². The van der Waals surface area contributed by atoms with E-state index < -0.39 is 0 Å². The number of Topliss-reactive ketones (excluding diaryl/α,β-unsaturated/α-hetero) is 1. The number of ether oxygens (including phenoxy) is 1. The van der Waals surface area contributed by atoms with Crippen LogP contribution >= 0.6 is 0 Å². The highest BCUT2D eigenvalue weighted by atomic mass is 16.5. The lowest BCUT2D eigenvalue weighted by Gasteiger charge is -2.29. The quantitative estimate of drug-likeness (QED) is 0.700. The molecule has 15 heavy (non-hydrogen) atoms. The van der Waals surface area contributed by atoms with Gasteiger partial charge >= 0.3 is 5.97 Å². The Morgan fingerprint density at radius 2 is 2.20 bits per heavy atom. The van der Waals surface area contributed by atoms with Crippen LogP contribution in [0.25, 0.3) is 0 Å². The summed E-state index contributed by atoms with van der Waals surface area (Å²) in [6.45, 7) is 5.38. The Balaban J connectivity index is 2.49. The minimum absolute atomic E-state index is 0.0249. The van der Waals surface area contributed by atoms with E-state index in [-0.39, 0.29) is 23.6 Å². The van der Waals surface area contributed by atoms with Crippen LogP contribution in [0.3, 0.4) is 0 Å². The molecule has 1 saturated heterocycles. The average Bonchev–Trinajstić information content (AvgIpc) is 2.18. The van der Waals surface area contributed by atoms with Crippen molar-refractivity contribution in [3.8, 4) is 0 Å². The standard InChI is InChI=1S/C11H19NO3/c1-3-15-11(14)6-9-4-5-12-7-10(9)8(2)13/h9-10,12H,3-7H2,1-2H3/t9-,10-/m1/s1. The molecule has 1 heterocycles. The predicted octanol–water partition coefficient (Wildman–Crippen LogP) is 0.754. The minimum atomic E-state index is -0.185. The molecule has 0 spiro atoms. The molecule has 0 radical (unpaired) electrons. The van der Waals surface area contributed by atoms with Gasteiger partial charge < -0.3 is 10.1 Å². The number of nitrogens with one attached hydrogen (secondary N) is 1. The summed E-state index contributed by atoms with van der Waals surface area (Å²) in [6, 6.07) is 0. The number of hydrogen-bond acceptors (Lipinski definition) is 4. The van der Waals surface area contributed by atoms with Crippen molar-refractivity contribution in [2.75, 3.05) is 19.7 Å². The first-order chi connectivity index (χ1) is 7.15. The Hall–Kier alpha value is -0.900. The van der Waals surface area contributed by atoms with Gasteiger partial charge in [-0.05, 0) is 32.7 Å². The fourth-order valence-electron chi connectivity index (χ4n) is 2.07. The molecule has 4 heteroatoms. The molecule has 1 fully saturated rings. The summed E-state index contributed by atoms with van der Waals surface area (Å²) in [5, 5.41) is 3.18. The number of rotatable bonds is 4. The van der Waals surface area contributed by atoms with Gasteiger partial charge in [-0.25, -0.2) is 0 Å². The Labute approximate surface area is 90.4 Å². The van der Waals surface area contributed by atoms with Gasteiger partial charge in [0.25, 0.3) is 0 Å². The van der Waals surface area contributed by atoms with E-state index in [4.69, 9.17) is 4.74 Å². The molecule has 86 valence electrons. The minimum Gasteiger partial charge on any atom is -0.466 e. The highest BCUT2D eigenvalue weighted by Gasteiger charge is 2.30. The highest BCUT2D eigenvalue weighted by Crippen LogP contribution is 2.23. The van der Waals surface area contributed by atoms with Crippen molar-refractivity contribution < 1.29 is 14.3 Å². The van der Waals surface area contributed by atoms with Crippen molar-refractivity contribution in [1.82, 2.24) is 5.32 Å². The molecular formula is C11H19NO3. The van der Waals surface area contributed by atoms with E-state index in [2.05, 4.69) is 5.32 Å². The molecule has 4 nitrogen and oxygen atoms in total. The lowest BCUT2D eigenvalue weighted by Crippen LogP contribution is -2.41. The average molecular weight is 213 g/mol. The number of piperidine rings is 1. The molecule has 0 aromatic carbocycles. The zero-order chi connectivity index (χ0) is 11.3. The second kappa shape index (κ2) is 5.85. The largest absolute Gasteiger partial charge is 0.466 e. The maximum Gasteiger partial charge on any atom is 0.306 e. The maximum atomic E-state index is 11.4. The summed E-state index contributed by atoms with van der Waals surface area (Å²) in [5.41, 5.74) is 0. The predicted molar refractivity (Wildman–Crippen MR) is 56.4 cm³/mol.